The Labute approximate surface area is 147 Å². The Kier molecular flexibility index (Phi) is 5.15. The normalized spacial score (nSPS) is 13.5. The number of fused-ring (bicyclic) bond motifs is 1. The molecule has 0 aliphatic carbocycles. The molecule has 0 saturated heterocycles. The Bertz CT molecular complexity index is 791. The van der Waals surface area contributed by atoms with Crippen molar-refractivity contribution in [1.82, 2.24) is 10.3 Å². The Morgan fingerprint density at radius 3 is 2.96 bits per heavy atom. The monoisotopic (exact) mass is 364 g/mol. The summed E-state index contributed by atoms with van der Waals surface area (Å²) in [5.74, 6) is -0.353. The zero-order valence-electron chi connectivity index (χ0n) is 13.4. The van der Waals surface area contributed by atoms with Crippen LogP contribution in [-0.2, 0) is 9.53 Å². The minimum atomic E-state index is -1.11. The third-order valence-electron chi connectivity index (χ3n) is 3.57. The van der Waals surface area contributed by atoms with Crippen LogP contribution in [0.5, 0.6) is 11.5 Å². The number of aromatic nitrogens is 1. The van der Waals surface area contributed by atoms with Crippen LogP contribution in [0, 0.1) is 0 Å². The van der Waals surface area contributed by atoms with Gasteiger partial charge in [0.15, 0.2) is 11.5 Å². The lowest BCUT2D eigenvalue weighted by atomic mass is 10.2. The maximum absolute atomic E-state index is 12.2. The van der Waals surface area contributed by atoms with Gasteiger partial charge < -0.3 is 24.6 Å². The molecular formula is C16H16N2O6S. The molecule has 1 amide bonds. The molecule has 0 fully saturated rings. The topological polar surface area (TPSA) is 107 Å². The molecule has 0 spiro atoms. The van der Waals surface area contributed by atoms with Crippen LogP contribution in [0.25, 0.3) is 10.6 Å². The van der Waals surface area contributed by atoms with Crippen LogP contribution in [0.3, 0.4) is 0 Å². The Morgan fingerprint density at radius 2 is 2.20 bits per heavy atom. The van der Waals surface area contributed by atoms with Crippen molar-refractivity contribution in [2.45, 2.75) is 12.5 Å². The van der Waals surface area contributed by atoms with E-state index in [1.54, 1.807) is 17.5 Å². The average Bonchev–Trinajstić information content (AvgIpc) is 3.26. The van der Waals surface area contributed by atoms with Crippen LogP contribution in [0.1, 0.15) is 16.9 Å². The minimum Gasteiger partial charge on any atom is -0.480 e. The van der Waals surface area contributed by atoms with Crippen molar-refractivity contribution in [3.63, 3.8) is 0 Å². The number of carbonyl (C=O) groups is 2. The number of carboxylic acids is 1. The number of carboxylic acid groups (broad SMARTS) is 1. The summed E-state index contributed by atoms with van der Waals surface area (Å²) in [4.78, 5) is 27.7. The minimum absolute atomic E-state index is 0.168. The average molecular weight is 364 g/mol. The van der Waals surface area contributed by atoms with Crippen molar-refractivity contribution in [2.24, 2.45) is 0 Å². The standard InChI is InChI=1S/C16H16N2O6S/c1-22-5-4-10(16(20)21)17-14(19)11-7-25-15(18-11)9-2-3-12-13(6-9)24-8-23-12/h2-3,6-7,10H,4-5,8H2,1H3,(H,17,19)(H,20,21). The first-order chi connectivity index (χ1) is 12.1. The fraction of sp³-hybridized carbons (Fsp3) is 0.312. The van der Waals surface area contributed by atoms with Crippen molar-refractivity contribution in [3.8, 4) is 22.1 Å². The van der Waals surface area contributed by atoms with E-state index in [2.05, 4.69) is 10.3 Å². The lowest BCUT2D eigenvalue weighted by Gasteiger charge is -2.12. The van der Waals surface area contributed by atoms with Crippen LogP contribution in [0.15, 0.2) is 23.6 Å². The van der Waals surface area contributed by atoms with Gasteiger partial charge in [-0.3, -0.25) is 4.79 Å². The van der Waals surface area contributed by atoms with Crippen LogP contribution in [0.4, 0.5) is 0 Å². The van der Waals surface area contributed by atoms with E-state index in [4.69, 9.17) is 19.3 Å². The van der Waals surface area contributed by atoms with Crippen molar-refractivity contribution in [1.29, 1.82) is 0 Å². The zero-order valence-corrected chi connectivity index (χ0v) is 14.2. The van der Waals surface area contributed by atoms with Crippen LogP contribution >= 0.6 is 11.3 Å². The number of thiazole rings is 1. The predicted molar refractivity (Wildman–Crippen MR) is 89.1 cm³/mol. The first kappa shape index (κ1) is 17.2. The second kappa shape index (κ2) is 7.49. The van der Waals surface area contributed by atoms with Gasteiger partial charge in [0, 0.05) is 31.1 Å². The van der Waals surface area contributed by atoms with Gasteiger partial charge >= 0.3 is 5.97 Å². The molecule has 1 atom stereocenters. The SMILES string of the molecule is COCCC(NC(=O)c1csc(-c2ccc3c(c2)OCO3)n1)C(=O)O. The van der Waals surface area contributed by atoms with Crippen LogP contribution < -0.4 is 14.8 Å². The number of benzene rings is 1. The van der Waals surface area contributed by atoms with Gasteiger partial charge in [0.2, 0.25) is 6.79 Å². The first-order valence-electron chi connectivity index (χ1n) is 7.46. The summed E-state index contributed by atoms with van der Waals surface area (Å²) >= 11 is 1.29. The molecule has 1 aromatic heterocycles. The summed E-state index contributed by atoms with van der Waals surface area (Å²) in [6.45, 7) is 0.416. The van der Waals surface area contributed by atoms with E-state index in [-0.39, 0.29) is 25.5 Å². The summed E-state index contributed by atoms with van der Waals surface area (Å²) in [5.41, 5.74) is 0.962. The Morgan fingerprint density at radius 1 is 1.40 bits per heavy atom. The van der Waals surface area contributed by atoms with Crippen molar-refractivity contribution >= 4 is 23.2 Å². The molecule has 2 heterocycles. The van der Waals surface area contributed by atoms with E-state index in [1.807, 2.05) is 6.07 Å². The number of hydrogen-bond donors (Lipinski definition) is 2. The van der Waals surface area contributed by atoms with E-state index in [0.717, 1.165) is 5.56 Å². The highest BCUT2D eigenvalue weighted by atomic mass is 32.1. The summed E-state index contributed by atoms with van der Waals surface area (Å²) in [6, 6.07) is 4.38. The molecule has 9 heteroatoms. The molecule has 1 unspecified atom stereocenters. The predicted octanol–water partition coefficient (Wildman–Crippen LogP) is 1.76. The lowest BCUT2D eigenvalue weighted by Crippen LogP contribution is -2.41. The molecule has 0 bridgehead atoms. The number of ether oxygens (including phenoxy) is 3. The van der Waals surface area contributed by atoms with Crippen molar-refractivity contribution in [2.75, 3.05) is 20.5 Å². The number of carbonyl (C=O) groups excluding carboxylic acids is 1. The third kappa shape index (κ3) is 3.89. The van der Waals surface area contributed by atoms with E-state index in [9.17, 15) is 9.59 Å². The second-order valence-electron chi connectivity index (χ2n) is 5.25. The Balaban J connectivity index is 1.72. The number of hydrogen-bond acceptors (Lipinski definition) is 7. The van der Waals surface area contributed by atoms with Gasteiger partial charge in [-0.15, -0.1) is 11.3 Å². The van der Waals surface area contributed by atoms with Gasteiger partial charge in [-0.1, -0.05) is 0 Å². The number of methoxy groups -OCH3 is 1. The van der Waals surface area contributed by atoms with Crippen LogP contribution in [-0.4, -0.2) is 48.5 Å². The van der Waals surface area contributed by atoms with Crippen molar-refractivity contribution in [3.05, 3.63) is 29.3 Å². The van der Waals surface area contributed by atoms with E-state index in [0.29, 0.717) is 16.5 Å². The Hall–Kier alpha value is -2.65. The highest BCUT2D eigenvalue weighted by Gasteiger charge is 2.22. The highest BCUT2D eigenvalue weighted by molar-refractivity contribution is 7.13. The number of nitrogens with one attached hydrogen (secondary N) is 1. The van der Waals surface area contributed by atoms with Gasteiger partial charge in [0.1, 0.15) is 16.7 Å². The molecule has 3 rings (SSSR count). The van der Waals surface area contributed by atoms with Gasteiger partial charge in [0.05, 0.1) is 0 Å². The summed E-state index contributed by atoms with van der Waals surface area (Å²) < 4.78 is 15.4. The molecule has 25 heavy (non-hydrogen) atoms. The fourth-order valence-corrected chi connectivity index (χ4v) is 3.06. The van der Waals surface area contributed by atoms with Crippen LogP contribution in [0.2, 0.25) is 0 Å². The van der Waals surface area contributed by atoms with Gasteiger partial charge in [0.25, 0.3) is 5.91 Å². The summed E-state index contributed by atoms with van der Waals surface area (Å²) in [7, 11) is 1.47. The number of aliphatic carboxylic acids is 1. The summed E-state index contributed by atoms with van der Waals surface area (Å²) in [5, 5.41) is 13.8. The molecule has 2 aromatic rings. The van der Waals surface area contributed by atoms with Gasteiger partial charge in [-0.2, -0.15) is 0 Å². The molecule has 8 nitrogen and oxygen atoms in total. The van der Waals surface area contributed by atoms with E-state index < -0.39 is 17.9 Å². The maximum atomic E-state index is 12.2. The third-order valence-corrected chi connectivity index (χ3v) is 4.46. The molecule has 2 N–H and O–H groups in total. The number of rotatable bonds is 7. The maximum Gasteiger partial charge on any atom is 0.326 e. The molecule has 0 radical (unpaired) electrons. The van der Waals surface area contributed by atoms with E-state index >= 15 is 0 Å². The van der Waals surface area contributed by atoms with E-state index in [1.165, 1.54) is 18.4 Å². The highest BCUT2D eigenvalue weighted by Crippen LogP contribution is 2.36. The number of nitrogens with zero attached hydrogens (tertiary/aromatic N) is 1. The molecule has 0 saturated carbocycles. The quantitative estimate of drug-likeness (QED) is 0.771. The summed E-state index contributed by atoms with van der Waals surface area (Å²) in [6.07, 6.45) is 0.177. The largest absolute Gasteiger partial charge is 0.480 e. The molecule has 1 aliphatic heterocycles. The van der Waals surface area contributed by atoms with Gasteiger partial charge in [-0.25, -0.2) is 9.78 Å². The zero-order chi connectivity index (χ0) is 17.8. The molecule has 1 aliphatic rings. The van der Waals surface area contributed by atoms with Crippen molar-refractivity contribution < 1.29 is 28.9 Å². The second-order valence-corrected chi connectivity index (χ2v) is 6.11. The lowest BCUT2D eigenvalue weighted by molar-refractivity contribution is -0.139. The first-order valence-corrected chi connectivity index (χ1v) is 8.34. The fourth-order valence-electron chi connectivity index (χ4n) is 2.27. The molecule has 1 aromatic carbocycles. The number of amides is 1. The smallest absolute Gasteiger partial charge is 0.326 e. The molecule has 132 valence electrons. The molecular weight excluding hydrogens is 348 g/mol. The van der Waals surface area contributed by atoms with Gasteiger partial charge in [-0.05, 0) is 18.2 Å².